The molecule has 0 aromatic carbocycles. The molecular weight excluding hydrogens is 236 g/mol. The second-order valence-corrected chi connectivity index (χ2v) is 3.74. The van der Waals surface area contributed by atoms with Crippen molar-refractivity contribution in [2.45, 2.75) is 13.3 Å². The topological polar surface area (TPSA) is 92.0 Å². The molecule has 2 heterocycles. The van der Waals surface area contributed by atoms with Gasteiger partial charge in [0.05, 0.1) is 18.4 Å². The zero-order valence-electron chi connectivity index (χ0n) is 9.78. The van der Waals surface area contributed by atoms with E-state index in [2.05, 4.69) is 9.97 Å². The molecule has 0 aliphatic rings. The molecule has 2 rings (SSSR count). The number of esters is 1. The lowest BCUT2D eigenvalue weighted by atomic mass is 10.1. The van der Waals surface area contributed by atoms with Crippen molar-refractivity contribution in [3.63, 3.8) is 0 Å². The van der Waals surface area contributed by atoms with Crippen LogP contribution in [0.25, 0.3) is 11.0 Å². The van der Waals surface area contributed by atoms with Crippen LogP contribution < -0.4 is 11.0 Å². The summed E-state index contributed by atoms with van der Waals surface area (Å²) in [6.45, 7) is 1.98. The highest BCUT2D eigenvalue weighted by molar-refractivity contribution is 5.77. The van der Waals surface area contributed by atoms with E-state index in [-0.39, 0.29) is 24.0 Å². The Kier molecular flexibility index (Phi) is 3.27. The SMILES string of the molecule is CCOC(=O)Cc1c[nH]c2[nH]c(=O)ccc2c1=O. The number of hydrogen-bond acceptors (Lipinski definition) is 4. The summed E-state index contributed by atoms with van der Waals surface area (Å²) in [5.41, 5.74) is 0.0810. The summed E-state index contributed by atoms with van der Waals surface area (Å²) in [6.07, 6.45) is 1.33. The third-order valence-corrected chi connectivity index (χ3v) is 2.49. The maximum atomic E-state index is 12.0. The van der Waals surface area contributed by atoms with E-state index in [1.165, 1.54) is 18.3 Å². The molecule has 94 valence electrons. The number of rotatable bonds is 3. The Hall–Kier alpha value is -2.37. The molecule has 6 heteroatoms. The van der Waals surface area contributed by atoms with Crippen LogP contribution in [0, 0.1) is 0 Å². The Morgan fingerprint density at radius 2 is 2.11 bits per heavy atom. The second kappa shape index (κ2) is 4.87. The predicted octanol–water partition coefficient (Wildman–Crippen LogP) is 0.322. The van der Waals surface area contributed by atoms with Crippen molar-refractivity contribution < 1.29 is 9.53 Å². The summed E-state index contributed by atoms with van der Waals surface area (Å²) < 4.78 is 4.78. The smallest absolute Gasteiger partial charge is 0.310 e. The largest absolute Gasteiger partial charge is 0.466 e. The van der Waals surface area contributed by atoms with Gasteiger partial charge in [0, 0.05) is 17.8 Å². The average Bonchev–Trinajstić information content (AvgIpc) is 2.33. The molecule has 0 radical (unpaired) electrons. The van der Waals surface area contributed by atoms with Crippen LogP contribution >= 0.6 is 0 Å². The highest BCUT2D eigenvalue weighted by Crippen LogP contribution is 2.03. The number of nitrogens with one attached hydrogen (secondary N) is 2. The van der Waals surface area contributed by atoms with E-state index in [0.717, 1.165) is 0 Å². The molecule has 0 unspecified atom stereocenters. The van der Waals surface area contributed by atoms with Gasteiger partial charge in [-0.2, -0.15) is 0 Å². The fraction of sp³-hybridized carbons (Fsp3) is 0.250. The minimum Gasteiger partial charge on any atom is -0.466 e. The highest BCUT2D eigenvalue weighted by atomic mass is 16.5. The Balaban J connectivity index is 2.45. The van der Waals surface area contributed by atoms with E-state index in [0.29, 0.717) is 16.6 Å². The Bertz CT molecular complexity index is 699. The predicted molar refractivity (Wildman–Crippen MR) is 65.5 cm³/mol. The van der Waals surface area contributed by atoms with Crippen LogP contribution in [0.2, 0.25) is 0 Å². The molecule has 2 N–H and O–H groups in total. The van der Waals surface area contributed by atoms with Crippen LogP contribution in [0.3, 0.4) is 0 Å². The number of aromatic amines is 2. The molecule has 0 atom stereocenters. The maximum Gasteiger partial charge on any atom is 0.310 e. The number of aromatic nitrogens is 2. The van der Waals surface area contributed by atoms with Gasteiger partial charge in [0.25, 0.3) is 0 Å². The Labute approximate surface area is 102 Å². The fourth-order valence-electron chi connectivity index (χ4n) is 1.67. The number of fused-ring (bicyclic) bond motifs is 1. The third-order valence-electron chi connectivity index (χ3n) is 2.49. The van der Waals surface area contributed by atoms with Gasteiger partial charge >= 0.3 is 5.97 Å². The van der Waals surface area contributed by atoms with Gasteiger partial charge in [0.1, 0.15) is 5.65 Å². The monoisotopic (exact) mass is 248 g/mol. The first-order chi connectivity index (χ1) is 8.61. The minimum atomic E-state index is -0.452. The van der Waals surface area contributed by atoms with Crippen molar-refractivity contribution >= 4 is 17.0 Å². The fourth-order valence-corrected chi connectivity index (χ4v) is 1.67. The average molecular weight is 248 g/mol. The van der Waals surface area contributed by atoms with Gasteiger partial charge in [-0.15, -0.1) is 0 Å². The molecular formula is C12H12N2O4. The van der Waals surface area contributed by atoms with Gasteiger partial charge in [0.15, 0.2) is 5.43 Å². The molecule has 0 bridgehead atoms. The summed E-state index contributed by atoms with van der Waals surface area (Å²) in [7, 11) is 0. The highest BCUT2D eigenvalue weighted by Gasteiger charge is 2.10. The molecule has 0 aliphatic heterocycles. The van der Waals surface area contributed by atoms with Gasteiger partial charge in [0.2, 0.25) is 5.56 Å². The van der Waals surface area contributed by atoms with Crippen molar-refractivity contribution in [1.29, 1.82) is 0 Å². The second-order valence-electron chi connectivity index (χ2n) is 3.74. The summed E-state index contributed by atoms with van der Waals surface area (Å²) in [4.78, 5) is 39.7. The number of ether oxygens (including phenoxy) is 1. The van der Waals surface area contributed by atoms with Gasteiger partial charge in [-0.05, 0) is 13.0 Å². The van der Waals surface area contributed by atoms with Crippen LogP contribution in [0.1, 0.15) is 12.5 Å². The van der Waals surface area contributed by atoms with E-state index >= 15 is 0 Å². The molecule has 0 fully saturated rings. The minimum absolute atomic E-state index is 0.0851. The van der Waals surface area contributed by atoms with Gasteiger partial charge in [-0.1, -0.05) is 0 Å². The number of H-pyrrole nitrogens is 2. The molecule has 0 amide bonds. The summed E-state index contributed by atoms with van der Waals surface area (Å²) in [5.74, 6) is -0.452. The van der Waals surface area contributed by atoms with Crippen LogP contribution in [0.4, 0.5) is 0 Å². The molecule has 18 heavy (non-hydrogen) atoms. The van der Waals surface area contributed by atoms with Crippen molar-refractivity contribution in [3.05, 3.63) is 44.5 Å². The number of pyridine rings is 2. The van der Waals surface area contributed by atoms with Gasteiger partial charge < -0.3 is 14.7 Å². The molecule has 0 spiro atoms. The van der Waals surface area contributed by atoms with Crippen molar-refractivity contribution in [2.24, 2.45) is 0 Å². The van der Waals surface area contributed by atoms with Crippen LogP contribution in [0.15, 0.2) is 27.9 Å². The first kappa shape index (κ1) is 12.1. The van der Waals surface area contributed by atoms with E-state index in [9.17, 15) is 14.4 Å². The normalized spacial score (nSPS) is 10.5. The molecule has 2 aromatic heterocycles. The van der Waals surface area contributed by atoms with Crippen LogP contribution in [0.5, 0.6) is 0 Å². The van der Waals surface area contributed by atoms with Gasteiger partial charge in [-0.25, -0.2) is 0 Å². The number of carbonyl (C=O) groups excluding carboxylic acids is 1. The van der Waals surface area contributed by atoms with E-state index < -0.39 is 5.97 Å². The van der Waals surface area contributed by atoms with E-state index in [4.69, 9.17) is 4.74 Å². The van der Waals surface area contributed by atoms with Gasteiger partial charge in [-0.3, -0.25) is 14.4 Å². The summed E-state index contributed by atoms with van der Waals surface area (Å²) in [6, 6.07) is 2.70. The molecule has 2 aromatic rings. The standard InChI is InChI=1S/C12H12N2O4/c1-2-18-10(16)5-7-6-13-12-8(11(7)17)3-4-9(15)14-12/h3-4,6H,2,5H2,1H3,(H2,13,14,15,17). The molecule has 6 nitrogen and oxygen atoms in total. The lowest BCUT2D eigenvalue weighted by Gasteiger charge is -2.03. The van der Waals surface area contributed by atoms with Crippen LogP contribution in [-0.2, 0) is 16.0 Å². The Morgan fingerprint density at radius 1 is 1.33 bits per heavy atom. The third kappa shape index (κ3) is 2.32. The zero-order chi connectivity index (χ0) is 13.1. The molecule has 0 saturated carbocycles. The first-order valence-corrected chi connectivity index (χ1v) is 5.51. The quantitative estimate of drug-likeness (QED) is 0.765. The number of hydrogen-bond donors (Lipinski definition) is 2. The van der Waals surface area contributed by atoms with E-state index in [1.54, 1.807) is 6.92 Å². The van der Waals surface area contributed by atoms with E-state index in [1.807, 2.05) is 0 Å². The lowest BCUT2D eigenvalue weighted by molar-refractivity contribution is -0.142. The number of carbonyl (C=O) groups is 1. The Morgan fingerprint density at radius 3 is 2.83 bits per heavy atom. The first-order valence-electron chi connectivity index (χ1n) is 5.51. The van der Waals surface area contributed by atoms with Crippen molar-refractivity contribution in [1.82, 2.24) is 9.97 Å². The molecule has 0 saturated heterocycles. The zero-order valence-corrected chi connectivity index (χ0v) is 9.78. The van der Waals surface area contributed by atoms with Crippen molar-refractivity contribution in [2.75, 3.05) is 6.61 Å². The van der Waals surface area contributed by atoms with Crippen LogP contribution in [-0.4, -0.2) is 22.5 Å². The summed E-state index contributed by atoms with van der Waals surface area (Å²) in [5, 5.41) is 0.344. The molecule has 0 aliphatic carbocycles. The maximum absolute atomic E-state index is 12.0. The summed E-state index contributed by atoms with van der Waals surface area (Å²) >= 11 is 0. The van der Waals surface area contributed by atoms with Crippen molar-refractivity contribution in [3.8, 4) is 0 Å². The lowest BCUT2D eigenvalue weighted by Crippen LogP contribution is -2.18.